The van der Waals surface area contributed by atoms with Gasteiger partial charge in [-0.3, -0.25) is 14.4 Å². The number of rotatable bonds is 5. The minimum Gasteiger partial charge on any atom is -0.483 e. The molecule has 1 N–H and O–H groups in total. The molecule has 2 saturated carbocycles. The van der Waals surface area contributed by atoms with Crippen LogP contribution in [0.15, 0.2) is 21.3 Å². The Morgan fingerprint density at radius 1 is 0.771 bits per heavy atom. The molecule has 0 radical (unpaired) electrons. The molecule has 4 bridgehead atoms. The van der Waals surface area contributed by atoms with Crippen LogP contribution in [0.4, 0.5) is 5.69 Å². The predicted octanol–water partition coefficient (Wildman–Crippen LogP) is 5.05. The maximum atomic E-state index is 14.5. The summed E-state index contributed by atoms with van der Waals surface area (Å²) in [4.78, 5) is 68.7. The summed E-state index contributed by atoms with van der Waals surface area (Å²) in [5, 5.41) is 3.06. The molecule has 6 atom stereocenters. The average molecular weight is 666 g/mol. The highest BCUT2D eigenvalue weighted by Crippen LogP contribution is 2.67. The van der Waals surface area contributed by atoms with E-state index < -0.39 is 74.5 Å². The van der Waals surface area contributed by atoms with Gasteiger partial charge in [-0.25, -0.2) is 9.59 Å². The second-order valence-electron chi connectivity index (χ2n) is 16.2. The van der Waals surface area contributed by atoms with Crippen molar-refractivity contribution in [3.05, 3.63) is 33.7 Å². The van der Waals surface area contributed by atoms with E-state index in [1.165, 1.54) is 0 Å². The van der Waals surface area contributed by atoms with Crippen molar-refractivity contribution >= 4 is 40.5 Å². The van der Waals surface area contributed by atoms with Crippen molar-refractivity contribution in [3.63, 3.8) is 0 Å². The minimum atomic E-state index is -1.61. The number of nitrogens with one attached hydrogen (secondary N) is 1. The van der Waals surface area contributed by atoms with Crippen LogP contribution in [0.3, 0.4) is 0 Å². The molecule has 258 valence electrons. The van der Waals surface area contributed by atoms with E-state index in [-0.39, 0.29) is 52.0 Å². The van der Waals surface area contributed by atoms with Gasteiger partial charge in [0.2, 0.25) is 16.6 Å². The number of carbonyl (C=O) groups excluding carboxylic acids is 4. The molecule has 2 saturated heterocycles. The summed E-state index contributed by atoms with van der Waals surface area (Å²) in [6.07, 6.45) is -1.34. The van der Waals surface area contributed by atoms with Gasteiger partial charge in [-0.2, -0.15) is 0 Å². The van der Waals surface area contributed by atoms with Gasteiger partial charge in [0, 0.05) is 17.9 Å². The van der Waals surface area contributed by atoms with Crippen molar-refractivity contribution in [2.75, 3.05) is 12.4 Å². The lowest BCUT2D eigenvalue weighted by molar-refractivity contribution is -0.217. The van der Waals surface area contributed by atoms with Gasteiger partial charge in [-0.1, -0.05) is 27.7 Å². The quantitative estimate of drug-likeness (QED) is 0.335. The molecule has 2 aromatic rings. The Kier molecular flexibility index (Phi) is 6.30. The zero-order chi connectivity index (χ0) is 35.2. The summed E-state index contributed by atoms with van der Waals surface area (Å²) >= 11 is 0. The van der Waals surface area contributed by atoms with Gasteiger partial charge in [-0.05, 0) is 72.4 Å². The number of benzene rings is 1. The molecule has 4 heterocycles. The summed E-state index contributed by atoms with van der Waals surface area (Å²) in [5.74, 6) is -2.01. The van der Waals surface area contributed by atoms with Gasteiger partial charge in [0.1, 0.15) is 28.4 Å². The van der Waals surface area contributed by atoms with Crippen LogP contribution in [0, 0.1) is 28.6 Å². The van der Waals surface area contributed by atoms with Crippen molar-refractivity contribution in [2.24, 2.45) is 21.7 Å². The second-order valence-corrected chi connectivity index (χ2v) is 16.2. The molecular weight excluding hydrogens is 622 g/mol. The number of carbonyl (C=O) groups is 4. The van der Waals surface area contributed by atoms with E-state index in [1.54, 1.807) is 53.8 Å². The Bertz CT molecular complexity index is 1910. The number of hydrogen-bond acceptors (Lipinski definition) is 12. The highest BCUT2D eigenvalue weighted by molar-refractivity contribution is 5.95. The lowest BCUT2D eigenvalue weighted by atomic mass is 9.66. The van der Waals surface area contributed by atoms with Gasteiger partial charge in [0.25, 0.3) is 0 Å². The standard InChI is InChI=1S/C36H43NO11/c1-17-21(37-10)22(38)18-11-12-19-20(23(18)43-17)24(44-28(41)35-15-13-33(8,26(39)47-35)31(35,4)5)25(30(2,3)46-19)45-29(42)36-16-14-34(9,27(40)48-36)32(36,6)7/h11-12,24-25,37H,13-16H2,1-10H3/t24-,25-,33+,34+,35-,36-/m1/s1. The minimum absolute atomic E-state index is 0.0963. The normalized spacial score (nSPS) is 36.2. The summed E-state index contributed by atoms with van der Waals surface area (Å²) < 4.78 is 37.1. The molecule has 48 heavy (non-hydrogen) atoms. The van der Waals surface area contributed by atoms with Crippen LogP contribution in [-0.4, -0.2) is 53.8 Å². The lowest BCUT2D eigenvalue weighted by Crippen LogP contribution is -2.57. The van der Waals surface area contributed by atoms with Gasteiger partial charge in [-0.15, -0.1) is 0 Å². The third kappa shape index (κ3) is 3.48. The van der Waals surface area contributed by atoms with E-state index in [2.05, 4.69) is 5.32 Å². The largest absolute Gasteiger partial charge is 0.483 e. The third-order valence-electron chi connectivity index (χ3n) is 13.4. The van der Waals surface area contributed by atoms with Crippen LogP contribution < -0.4 is 15.5 Å². The van der Waals surface area contributed by atoms with Crippen molar-refractivity contribution in [1.82, 2.24) is 0 Å². The molecule has 4 fully saturated rings. The van der Waals surface area contributed by atoms with Gasteiger partial charge < -0.3 is 33.4 Å². The first kappa shape index (κ1) is 32.5. The van der Waals surface area contributed by atoms with Crippen molar-refractivity contribution < 1.29 is 47.3 Å². The number of ether oxygens (including phenoxy) is 5. The van der Waals surface area contributed by atoms with E-state index >= 15 is 0 Å². The number of anilines is 1. The topological polar surface area (TPSA) is 157 Å². The molecule has 1 aromatic heterocycles. The fraction of sp³-hybridized carbons (Fsp3) is 0.639. The molecule has 7 rings (SSSR count). The van der Waals surface area contributed by atoms with Gasteiger partial charge in [0.05, 0.1) is 21.8 Å². The second kappa shape index (κ2) is 9.32. The van der Waals surface area contributed by atoms with Crippen molar-refractivity contribution in [1.29, 1.82) is 0 Å². The zero-order valence-corrected chi connectivity index (χ0v) is 29.1. The van der Waals surface area contributed by atoms with Crippen LogP contribution in [0.2, 0.25) is 0 Å². The zero-order valence-electron chi connectivity index (χ0n) is 29.1. The molecule has 0 unspecified atom stereocenters. The Balaban J connectivity index is 1.39. The molecule has 12 nitrogen and oxygen atoms in total. The monoisotopic (exact) mass is 665 g/mol. The number of fused-ring (bicyclic) bond motifs is 7. The molecule has 1 aromatic carbocycles. The molecular formula is C36H43NO11. The van der Waals surface area contributed by atoms with Crippen LogP contribution in [0.5, 0.6) is 5.75 Å². The predicted molar refractivity (Wildman–Crippen MR) is 170 cm³/mol. The van der Waals surface area contributed by atoms with Crippen LogP contribution >= 0.6 is 0 Å². The molecule has 0 amide bonds. The van der Waals surface area contributed by atoms with E-state index in [9.17, 15) is 24.0 Å². The van der Waals surface area contributed by atoms with Crippen LogP contribution in [0.25, 0.3) is 11.0 Å². The molecule has 5 aliphatic rings. The molecule has 2 aliphatic carbocycles. The summed E-state index contributed by atoms with van der Waals surface area (Å²) in [6, 6.07) is 3.17. The summed E-state index contributed by atoms with van der Waals surface area (Å²) in [7, 11) is 1.61. The average Bonchev–Trinajstić information content (AvgIpc) is 3.46. The Morgan fingerprint density at radius 2 is 1.29 bits per heavy atom. The van der Waals surface area contributed by atoms with Crippen LogP contribution in [-0.2, 0) is 38.1 Å². The van der Waals surface area contributed by atoms with Gasteiger partial charge >= 0.3 is 23.9 Å². The molecule has 0 spiro atoms. The highest BCUT2D eigenvalue weighted by atomic mass is 16.7. The summed E-state index contributed by atoms with van der Waals surface area (Å²) in [6.45, 7) is 15.9. The van der Waals surface area contributed by atoms with E-state index in [4.69, 9.17) is 28.1 Å². The fourth-order valence-electron chi connectivity index (χ4n) is 9.02. The Morgan fingerprint density at radius 3 is 1.75 bits per heavy atom. The highest BCUT2D eigenvalue weighted by Gasteiger charge is 2.78. The van der Waals surface area contributed by atoms with Gasteiger partial charge in [0.15, 0.2) is 12.2 Å². The number of hydrogen-bond donors (Lipinski definition) is 1. The number of esters is 4. The molecule has 3 aliphatic heterocycles. The Hall–Kier alpha value is -4.09. The maximum absolute atomic E-state index is 14.5. The van der Waals surface area contributed by atoms with E-state index in [1.807, 2.05) is 27.7 Å². The first-order valence-corrected chi connectivity index (χ1v) is 16.5. The van der Waals surface area contributed by atoms with Crippen molar-refractivity contribution in [3.8, 4) is 5.75 Å². The van der Waals surface area contributed by atoms with E-state index in [0.29, 0.717) is 12.8 Å². The first-order chi connectivity index (χ1) is 22.2. The first-order valence-electron chi connectivity index (χ1n) is 16.5. The van der Waals surface area contributed by atoms with Crippen molar-refractivity contribution in [2.45, 2.75) is 117 Å². The smallest absolute Gasteiger partial charge is 0.351 e. The van der Waals surface area contributed by atoms with E-state index in [0.717, 1.165) is 0 Å². The Labute approximate surface area is 278 Å². The SMILES string of the molecule is CNc1c(C)oc2c3c(ccc2c1=O)OC(C)(C)[C@H](OC(=O)[C@@]12CC[C@@](C)(C(=O)O1)C2(C)C)[C@@H]3OC(=O)[C@@]12CC[C@@](C)(C(=O)O1)C2(C)C. The third-order valence-corrected chi connectivity index (χ3v) is 13.4. The number of aryl methyl sites for hydroxylation is 1. The van der Waals surface area contributed by atoms with Crippen LogP contribution in [0.1, 0.15) is 98.5 Å². The lowest BCUT2D eigenvalue weighted by Gasteiger charge is -2.45. The molecule has 12 heteroatoms. The maximum Gasteiger partial charge on any atom is 0.351 e. The fourth-order valence-corrected chi connectivity index (χ4v) is 9.02. The summed E-state index contributed by atoms with van der Waals surface area (Å²) in [5.41, 5.74) is -7.93.